The zero-order chi connectivity index (χ0) is 15.0. The minimum absolute atomic E-state index is 0.0498. The highest BCUT2D eigenvalue weighted by Gasteiger charge is 2.21. The molecule has 0 aromatic carbocycles. The highest BCUT2D eigenvalue weighted by molar-refractivity contribution is 7.45. The molecular formula is C13H25NO5P-. The van der Waals surface area contributed by atoms with Gasteiger partial charge in [-0.2, -0.15) is 0 Å². The van der Waals surface area contributed by atoms with E-state index in [1.807, 2.05) is 0 Å². The van der Waals surface area contributed by atoms with Crippen LogP contribution in [0.25, 0.3) is 0 Å². The zero-order valence-electron chi connectivity index (χ0n) is 12.3. The number of phosphoric ester groups is 1. The molecule has 1 fully saturated rings. The molecule has 0 spiro atoms. The first kappa shape index (κ1) is 17.6. The molecule has 118 valence electrons. The molecule has 1 aliphatic carbocycles. The Morgan fingerprint density at radius 1 is 1.35 bits per heavy atom. The summed E-state index contributed by atoms with van der Waals surface area (Å²) >= 11 is 0. The molecule has 0 aliphatic heterocycles. The number of carbonyl (C=O) groups excluding carboxylic acids is 1. The van der Waals surface area contributed by atoms with Crippen LogP contribution in [-0.2, 0) is 18.4 Å². The van der Waals surface area contributed by atoms with Gasteiger partial charge in [0.15, 0.2) is 0 Å². The third-order valence-corrected chi connectivity index (χ3v) is 4.51. The maximum Gasteiger partial charge on any atom is 0.267 e. The van der Waals surface area contributed by atoms with Crippen molar-refractivity contribution in [3.05, 3.63) is 0 Å². The molecule has 7 heteroatoms. The number of carbonyl (C=O) groups is 1. The standard InChI is InChI=1S/C13H26NO5P/c1-3-18-20(16,17)19-10-13(14-11(2)15)9-12-7-5-4-6-8-12/h12-13H,3-10H2,1-2H3,(H,14,15)(H,16,17)/p-1. The van der Waals surface area contributed by atoms with Crippen LogP contribution in [-0.4, -0.2) is 25.2 Å². The first-order chi connectivity index (χ1) is 9.43. The summed E-state index contributed by atoms with van der Waals surface area (Å²) in [6.07, 6.45) is 6.70. The average molecular weight is 306 g/mol. The maximum atomic E-state index is 11.4. The van der Waals surface area contributed by atoms with Crippen LogP contribution in [0.2, 0.25) is 0 Å². The Bertz CT molecular complexity index is 344. The molecule has 1 aliphatic rings. The number of hydrogen-bond donors (Lipinski definition) is 1. The van der Waals surface area contributed by atoms with Gasteiger partial charge < -0.3 is 19.3 Å². The van der Waals surface area contributed by atoms with Crippen molar-refractivity contribution in [2.75, 3.05) is 13.2 Å². The lowest BCUT2D eigenvalue weighted by Crippen LogP contribution is -2.38. The third-order valence-electron chi connectivity index (χ3n) is 3.47. The van der Waals surface area contributed by atoms with Crippen molar-refractivity contribution in [2.24, 2.45) is 5.92 Å². The van der Waals surface area contributed by atoms with E-state index in [1.54, 1.807) is 6.92 Å². The van der Waals surface area contributed by atoms with E-state index in [-0.39, 0.29) is 25.2 Å². The Hall–Kier alpha value is -0.420. The number of hydrogen-bond acceptors (Lipinski definition) is 5. The fraction of sp³-hybridized carbons (Fsp3) is 0.923. The number of nitrogens with one attached hydrogen (secondary N) is 1. The Kier molecular flexibility index (Phi) is 7.74. The molecule has 1 rings (SSSR count). The summed E-state index contributed by atoms with van der Waals surface area (Å²) in [5.74, 6) is 0.355. The van der Waals surface area contributed by atoms with Crippen LogP contribution in [0.3, 0.4) is 0 Å². The van der Waals surface area contributed by atoms with Crippen LogP contribution < -0.4 is 10.2 Å². The monoisotopic (exact) mass is 306 g/mol. The fourth-order valence-corrected chi connectivity index (χ4v) is 3.41. The van der Waals surface area contributed by atoms with Gasteiger partial charge in [0, 0.05) is 6.92 Å². The molecule has 0 aromatic rings. The van der Waals surface area contributed by atoms with E-state index in [9.17, 15) is 14.3 Å². The van der Waals surface area contributed by atoms with Gasteiger partial charge in [0.25, 0.3) is 7.82 Å². The summed E-state index contributed by atoms with van der Waals surface area (Å²) in [5, 5.41) is 2.76. The molecule has 0 radical (unpaired) electrons. The fourth-order valence-electron chi connectivity index (χ4n) is 2.66. The van der Waals surface area contributed by atoms with E-state index in [0.29, 0.717) is 5.92 Å². The van der Waals surface area contributed by atoms with Crippen LogP contribution in [0, 0.1) is 5.92 Å². The second-order valence-corrected chi connectivity index (χ2v) is 6.71. The van der Waals surface area contributed by atoms with Crippen molar-refractivity contribution in [3.63, 3.8) is 0 Å². The minimum Gasteiger partial charge on any atom is -0.756 e. The van der Waals surface area contributed by atoms with Crippen molar-refractivity contribution in [2.45, 2.75) is 58.4 Å². The Morgan fingerprint density at radius 3 is 2.55 bits per heavy atom. The lowest BCUT2D eigenvalue weighted by Gasteiger charge is -2.29. The SMILES string of the molecule is CCOP(=O)([O-])OCC(CC1CCCCC1)NC(C)=O. The zero-order valence-corrected chi connectivity index (χ0v) is 13.2. The van der Waals surface area contributed by atoms with Gasteiger partial charge in [0.2, 0.25) is 5.91 Å². The van der Waals surface area contributed by atoms with Crippen LogP contribution in [0.5, 0.6) is 0 Å². The molecule has 0 aromatic heterocycles. The van der Waals surface area contributed by atoms with E-state index in [1.165, 1.54) is 26.2 Å². The Balaban J connectivity index is 2.46. The molecule has 1 N–H and O–H groups in total. The molecule has 6 nitrogen and oxygen atoms in total. The minimum atomic E-state index is -4.24. The van der Waals surface area contributed by atoms with Gasteiger partial charge in [0.05, 0.1) is 19.3 Å². The highest BCUT2D eigenvalue weighted by atomic mass is 31.2. The molecule has 0 saturated heterocycles. The lowest BCUT2D eigenvalue weighted by molar-refractivity contribution is -0.225. The van der Waals surface area contributed by atoms with Crippen LogP contribution in [0.4, 0.5) is 0 Å². The normalized spacial score (nSPS) is 21.1. The summed E-state index contributed by atoms with van der Waals surface area (Å²) < 4.78 is 20.8. The first-order valence-corrected chi connectivity index (χ1v) is 8.76. The third kappa shape index (κ3) is 7.39. The molecule has 20 heavy (non-hydrogen) atoms. The van der Waals surface area contributed by atoms with Crippen molar-refractivity contribution >= 4 is 13.7 Å². The van der Waals surface area contributed by atoms with Gasteiger partial charge in [-0.05, 0) is 19.3 Å². The first-order valence-electron chi connectivity index (χ1n) is 7.30. The molecule has 0 heterocycles. The smallest absolute Gasteiger partial charge is 0.267 e. The van der Waals surface area contributed by atoms with E-state index >= 15 is 0 Å². The largest absolute Gasteiger partial charge is 0.756 e. The molecule has 0 bridgehead atoms. The Labute approximate surface area is 120 Å². The van der Waals surface area contributed by atoms with Gasteiger partial charge in [-0.25, -0.2) is 0 Å². The topological polar surface area (TPSA) is 87.7 Å². The summed E-state index contributed by atoms with van der Waals surface area (Å²) in [6.45, 7) is 3.00. The Morgan fingerprint density at radius 2 is 2.00 bits per heavy atom. The maximum absolute atomic E-state index is 11.4. The predicted octanol–water partition coefficient (Wildman–Crippen LogP) is 1.98. The second kappa shape index (κ2) is 8.78. The summed E-state index contributed by atoms with van der Waals surface area (Å²) in [6, 6.07) is -0.279. The van der Waals surface area contributed by atoms with Crippen LogP contribution in [0.1, 0.15) is 52.4 Å². The van der Waals surface area contributed by atoms with Crippen LogP contribution in [0.15, 0.2) is 0 Å². The van der Waals surface area contributed by atoms with Gasteiger partial charge >= 0.3 is 0 Å². The van der Waals surface area contributed by atoms with Crippen molar-refractivity contribution in [3.8, 4) is 0 Å². The van der Waals surface area contributed by atoms with E-state index < -0.39 is 7.82 Å². The van der Waals surface area contributed by atoms with E-state index in [0.717, 1.165) is 19.3 Å². The molecular weight excluding hydrogens is 281 g/mol. The quantitative estimate of drug-likeness (QED) is 0.693. The van der Waals surface area contributed by atoms with E-state index in [2.05, 4.69) is 9.84 Å². The van der Waals surface area contributed by atoms with Gasteiger partial charge in [0.1, 0.15) is 0 Å². The molecule has 1 amide bonds. The van der Waals surface area contributed by atoms with Crippen molar-refractivity contribution < 1.29 is 23.3 Å². The molecule has 1 saturated carbocycles. The van der Waals surface area contributed by atoms with E-state index in [4.69, 9.17) is 4.52 Å². The van der Waals surface area contributed by atoms with Crippen LogP contribution >= 0.6 is 7.82 Å². The average Bonchev–Trinajstić information content (AvgIpc) is 2.37. The van der Waals surface area contributed by atoms with Crippen molar-refractivity contribution in [1.82, 2.24) is 5.32 Å². The summed E-state index contributed by atoms with van der Waals surface area (Å²) in [7, 11) is -4.24. The summed E-state index contributed by atoms with van der Waals surface area (Å²) in [4.78, 5) is 22.6. The highest BCUT2D eigenvalue weighted by Crippen LogP contribution is 2.38. The number of amides is 1. The predicted molar refractivity (Wildman–Crippen MR) is 74.0 cm³/mol. The van der Waals surface area contributed by atoms with Gasteiger partial charge in [-0.1, -0.05) is 32.1 Å². The summed E-state index contributed by atoms with van der Waals surface area (Å²) in [5.41, 5.74) is 0. The second-order valence-electron chi connectivity index (χ2n) is 5.30. The van der Waals surface area contributed by atoms with Crippen molar-refractivity contribution in [1.29, 1.82) is 0 Å². The molecule has 2 unspecified atom stereocenters. The van der Waals surface area contributed by atoms with Gasteiger partial charge in [-0.3, -0.25) is 9.36 Å². The molecule has 2 atom stereocenters. The lowest BCUT2D eigenvalue weighted by atomic mass is 9.85. The van der Waals surface area contributed by atoms with Gasteiger partial charge in [-0.15, -0.1) is 0 Å². The number of rotatable bonds is 8. The number of phosphoric acid groups is 1.